The summed E-state index contributed by atoms with van der Waals surface area (Å²) in [4.78, 5) is 14.0. The maximum absolute atomic E-state index is 12.6. The van der Waals surface area contributed by atoms with Crippen LogP contribution in [0, 0.1) is 12.8 Å². The summed E-state index contributed by atoms with van der Waals surface area (Å²) in [5.41, 5.74) is 1.58. The van der Waals surface area contributed by atoms with Gasteiger partial charge in [-0.15, -0.1) is 15.3 Å². The van der Waals surface area contributed by atoms with Gasteiger partial charge in [0.2, 0.25) is 0 Å². The second-order valence-electron chi connectivity index (χ2n) is 7.37. The number of nitrogens with one attached hydrogen (secondary N) is 1. The molecular weight excluding hydrogens is 422 g/mol. The van der Waals surface area contributed by atoms with E-state index in [0.29, 0.717) is 34.6 Å². The van der Waals surface area contributed by atoms with Crippen LogP contribution in [-0.2, 0) is 13.0 Å². The van der Waals surface area contributed by atoms with Gasteiger partial charge in [0.25, 0.3) is 5.91 Å². The van der Waals surface area contributed by atoms with E-state index >= 15 is 0 Å². The molecule has 1 N–H and O–H groups in total. The second-order valence-corrected chi connectivity index (χ2v) is 8.58. The Morgan fingerprint density at radius 1 is 1.27 bits per heavy atom. The number of carbonyl (C=O) groups excluding carboxylic acids is 1. The number of aryl methyl sites for hydroxylation is 2. The van der Waals surface area contributed by atoms with E-state index < -0.39 is 0 Å². The van der Waals surface area contributed by atoms with Crippen LogP contribution >= 0.6 is 23.4 Å². The molecule has 0 atom stereocenters. The van der Waals surface area contributed by atoms with E-state index in [0.717, 1.165) is 30.4 Å². The molecule has 0 unspecified atom stereocenters. The lowest BCUT2D eigenvalue weighted by molar-refractivity contribution is 0.0947. The zero-order chi connectivity index (χ0) is 21.7. The van der Waals surface area contributed by atoms with Gasteiger partial charge >= 0.3 is 0 Å². The van der Waals surface area contributed by atoms with Crippen molar-refractivity contribution in [3.8, 4) is 5.69 Å². The highest BCUT2D eigenvalue weighted by Gasteiger charge is 2.17. The second kappa shape index (κ2) is 10.1. The number of rotatable bonds is 9. The highest BCUT2D eigenvalue weighted by atomic mass is 35.5. The van der Waals surface area contributed by atoms with Crippen LogP contribution < -0.4 is 5.32 Å². The molecule has 0 aliphatic carbocycles. The van der Waals surface area contributed by atoms with E-state index in [1.54, 1.807) is 30.8 Å². The van der Waals surface area contributed by atoms with Gasteiger partial charge < -0.3 is 9.88 Å². The van der Waals surface area contributed by atoms with Gasteiger partial charge in [0, 0.05) is 24.5 Å². The highest BCUT2D eigenvalue weighted by molar-refractivity contribution is 7.98. The Labute approximate surface area is 185 Å². The van der Waals surface area contributed by atoms with Crippen LogP contribution in [0.4, 0.5) is 0 Å². The maximum atomic E-state index is 12.6. The van der Waals surface area contributed by atoms with Crippen LogP contribution in [0.2, 0.25) is 5.02 Å². The van der Waals surface area contributed by atoms with Gasteiger partial charge in [-0.3, -0.25) is 4.79 Å². The number of aromatic nitrogens is 6. The number of benzene rings is 1. The molecule has 3 aromatic rings. The topological polar surface area (TPSA) is 90.5 Å². The van der Waals surface area contributed by atoms with Gasteiger partial charge in [-0.2, -0.15) is 9.90 Å². The quantitative estimate of drug-likeness (QED) is 0.398. The molecule has 1 aromatic carbocycles. The fourth-order valence-electron chi connectivity index (χ4n) is 3.04. The van der Waals surface area contributed by atoms with Crippen LogP contribution in [0.15, 0.2) is 29.4 Å². The van der Waals surface area contributed by atoms with E-state index in [4.69, 9.17) is 11.6 Å². The summed E-state index contributed by atoms with van der Waals surface area (Å²) in [5, 5.41) is 21.7. The first-order chi connectivity index (χ1) is 14.4. The molecule has 3 rings (SSSR count). The molecule has 160 valence electrons. The first-order valence-corrected chi connectivity index (χ1v) is 11.4. The lowest BCUT2D eigenvalue weighted by atomic mass is 10.2. The summed E-state index contributed by atoms with van der Waals surface area (Å²) in [6.07, 6.45) is 3.51. The van der Waals surface area contributed by atoms with E-state index in [9.17, 15) is 4.79 Å². The monoisotopic (exact) mass is 447 g/mol. The fourth-order valence-corrected chi connectivity index (χ4v) is 3.75. The third-order valence-electron chi connectivity index (χ3n) is 4.42. The summed E-state index contributed by atoms with van der Waals surface area (Å²) in [5.74, 6) is 1.22. The molecular formula is C20H26ClN7OS. The number of nitrogens with zero attached hydrogens (tertiary/aromatic N) is 6. The largest absolute Gasteiger partial charge is 0.351 e. The summed E-state index contributed by atoms with van der Waals surface area (Å²) in [7, 11) is 0. The molecule has 0 bridgehead atoms. The Bertz CT molecular complexity index is 1010. The highest BCUT2D eigenvalue weighted by Crippen LogP contribution is 2.17. The van der Waals surface area contributed by atoms with Gasteiger partial charge in [-0.25, -0.2) is 0 Å². The van der Waals surface area contributed by atoms with Crippen molar-refractivity contribution in [2.24, 2.45) is 5.92 Å². The number of hydrogen-bond acceptors (Lipinski definition) is 6. The lowest BCUT2D eigenvalue weighted by Crippen LogP contribution is -2.26. The van der Waals surface area contributed by atoms with Crippen molar-refractivity contribution in [1.29, 1.82) is 0 Å². The molecule has 0 aliphatic heterocycles. The lowest BCUT2D eigenvalue weighted by Gasteiger charge is -2.11. The van der Waals surface area contributed by atoms with Crippen molar-refractivity contribution >= 4 is 29.3 Å². The van der Waals surface area contributed by atoms with E-state index in [2.05, 4.69) is 44.1 Å². The van der Waals surface area contributed by atoms with Gasteiger partial charge in [0.1, 0.15) is 5.82 Å². The first-order valence-electron chi connectivity index (χ1n) is 9.83. The number of carbonyl (C=O) groups is 1. The Balaban J connectivity index is 1.58. The maximum Gasteiger partial charge on any atom is 0.273 e. The normalized spacial score (nSPS) is 11.3. The van der Waals surface area contributed by atoms with Crippen LogP contribution in [0.5, 0.6) is 0 Å². The van der Waals surface area contributed by atoms with Crippen molar-refractivity contribution in [3.05, 3.63) is 46.5 Å². The van der Waals surface area contributed by atoms with E-state index in [1.165, 1.54) is 4.80 Å². The molecule has 1 amide bonds. The first kappa shape index (κ1) is 22.3. The molecule has 0 fully saturated rings. The number of amides is 1. The van der Waals surface area contributed by atoms with Gasteiger partial charge in [-0.05, 0) is 43.7 Å². The Kier molecular flexibility index (Phi) is 7.49. The van der Waals surface area contributed by atoms with Gasteiger partial charge in [-0.1, -0.05) is 43.3 Å². The van der Waals surface area contributed by atoms with Crippen molar-refractivity contribution in [1.82, 2.24) is 35.1 Å². The SMILES string of the molecule is CSc1nnc(CCCNC(=O)c2nn(-c3cccc(Cl)c3)nc2C)n1CC(C)C. The Hall–Kier alpha value is -2.39. The van der Waals surface area contributed by atoms with Crippen molar-refractivity contribution in [2.75, 3.05) is 12.8 Å². The molecule has 10 heteroatoms. The van der Waals surface area contributed by atoms with E-state index in [1.807, 2.05) is 18.4 Å². The number of thioether (sulfide) groups is 1. The zero-order valence-corrected chi connectivity index (χ0v) is 19.2. The zero-order valence-electron chi connectivity index (χ0n) is 17.6. The molecule has 0 spiro atoms. The predicted octanol–water partition coefficient (Wildman–Crippen LogP) is 3.56. The number of hydrogen-bond donors (Lipinski definition) is 1. The summed E-state index contributed by atoms with van der Waals surface area (Å²) in [6, 6.07) is 7.18. The van der Waals surface area contributed by atoms with Crippen LogP contribution in [0.1, 0.15) is 42.3 Å². The minimum atomic E-state index is -0.241. The van der Waals surface area contributed by atoms with Crippen molar-refractivity contribution < 1.29 is 4.79 Å². The molecule has 0 saturated carbocycles. The molecule has 2 heterocycles. The Morgan fingerprint density at radius 2 is 2.07 bits per heavy atom. The molecule has 0 radical (unpaired) electrons. The average molecular weight is 448 g/mol. The fraction of sp³-hybridized carbons (Fsp3) is 0.450. The van der Waals surface area contributed by atoms with Crippen LogP contribution in [0.25, 0.3) is 5.69 Å². The summed E-state index contributed by atoms with van der Waals surface area (Å²) in [6.45, 7) is 7.52. The molecule has 2 aromatic heterocycles. The third-order valence-corrected chi connectivity index (χ3v) is 5.33. The minimum Gasteiger partial charge on any atom is -0.351 e. The van der Waals surface area contributed by atoms with Crippen molar-refractivity contribution in [2.45, 2.75) is 45.3 Å². The standard InChI is InChI=1S/C20H26ClN7OS/c1-13(2)12-27-17(23-24-20(27)30-4)9-6-10-22-19(29)18-14(3)25-28(26-18)16-8-5-7-15(21)11-16/h5,7-8,11,13H,6,9-10,12H2,1-4H3,(H,22,29). The van der Waals surface area contributed by atoms with Crippen LogP contribution in [-0.4, -0.2) is 48.5 Å². The molecule has 8 nitrogen and oxygen atoms in total. The smallest absolute Gasteiger partial charge is 0.273 e. The number of halogens is 1. The van der Waals surface area contributed by atoms with Gasteiger partial charge in [0.15, 0.2) is 10.9 Å². The molecule has 0 aliphatic rings. The predicted molar refractivity (Wildman–Crippen MR) is 118 cm³/mol. The summed E-state index contributed by atoms with van der Waals surface area (Å²) < 4.78 is 2.16. The Morgan fingerprint density at radius 3 is 2.77 bits per heavy atom. The molecule has 0 saturated heterocycles. The average Bonchev–Trinajstić information content (AvgIpc) is 3.28. The van der Waals surface area contributed by atoms with Crippen LogP contribution in [0.3, 0.4) is 0 Å². The summed E-state index contributed by atoms with van der Waals surface area (Å²) >= 11 is 7.62. The third kappa shape index (κ3) is 5.40. The van der Waals surface area contributed by atoms with Crippen molar-refractivity contribution in [3.63, 3.8) is 0 Å². The minimum absolute atomic E-state index is 0.241. The van der Waals surface area contributed by atoms with E-state index in [-0.39, 0.29) is 5.91 Å². The molecule has 30 heavy (non-hydrogen) atoms. The van der Waals surface area contributed by atoms with Gasteiger partial charge in [0.05, 0.1) is 11.4 Å².